The van der Waals surface area contributed by atoms with Crippen molar-refractivity contribution in [3.8, 4) is 0 Å². The fraction of sp³-hybridized carbons (Fsp3) is 0.417. The zero-order valence-electron chi connectivity index (χ0n) is 17.8. The lowest BCUT2D eigenvalue weighted by molar-refractivity contribution is -0.140. The minimum absolute atomic E-state index is 0.0524. The highest BCUT2D eigenvalue weighted by molar-refractivity contribution is 6.30. The van der Waals surface area contributed by atoms with E-state index in [4.69, 9.17) is 11.6 Å². The topological polar surface area (TPSA) is 49.4 Å². The van der Waals surface area contributed by atoms with Crippen LogP contribution in [0.25, 0.3) is 0 Å². The molecular weight excluding hydrogens is 384 g/mol. The minimum atomic E-state index is -0.504. The summed E-state index contributed by atoms with van der Waals surface area (Å²) in [7, 11) is 0. The standard InChI is InChI=1S/C24H31ClN2O2/c1-5-11-26-24(29)22(6-2)27(16-19-7-9-21(25)10-8-19)23(28)15-20-13-17(3)12-18(4)14-20/h7-10,12-14,22H,5-6,11,15-16H2,1-4H3,(H,26,29)/t22-/m0/s1. The van der Waals surface area contributed by atoms with Gasteiger partial charge in [-0.3, -0.25) is 9.59 Å². The second kappa shape index (κ2) is 11.0. The molecule has 0 heterocycles. The van der Waals surface area contributed by atoms with E-state index in [1.54, 1.807) is 4.90 Å². The second-order valence-corrected chi connectivity index (χ2v) is 7.97. The Morgan fingerprint density at radius 3 is 2.17 bits per heavy atom. The Labute approximate surface area is 179 Å². The van der Waals surface area contributed by atoms with Crippen LogP contribution in [0, 0.1) is 13.8 Å². The van der Waals surface area contributed by atoms with Crippen molar-refractivity contribution in [3.05, 3.63) is 69.7 Å². The Hall–Kier alpha value is -2.33. The molecule has 2 rings (SSSR count). The molecule has 4 nitrogen and oxygen atoms in total. The molecule has 1 atom stereocenters. The fourth-order valence-corrected chi connectivity index (χ4v) is 3.65. The van der Waals surface area contributed by atoms with E-state index in [-0.39, 0.29) is 18.2 Å². The summed E-state index contributed by atoms with van der Waals surface area (Å²) in [6, 6.07) is 13.1. The van der Waals surface area contributed by atoms with Gasteiger partial charge in [-0.1, -0.05) is 66.9 Å². The Morgan fingerprint density at radius 2 is 1.62 bits per heavy atom. The van der Waals surface area contributed by atoms with Gasteiger partial charge in [-0.2, -0.15) is 0 Å². The number of hydrogen-bond acceptors (Lipinski definition) is 2. The number of amides is 2. The third-order valence-corrected chi connectivity index (χ3v) is 5.09. The molecule has 2 aromatic rings. The molecule has 0 aromatic heterocycles. The van der Waals surface area contributed by atoms with Crippen LogP contribution in [0.15, 0.2) is 42.5 Å². The van der Waals surface area contributed by atoms with Crippen LogP contribution in [-0.2, 0) is 22.6 Å². The van der Waals surface area contributed by atoms with E-state index in [9.17, 15) is 9.59 Å². The third kappa shape index (κ3) is 6.90. The number of aryl methyl sites for hydroxylation is 2. The molecule has 0 spiro atoms. The van der Waals surface area contributed by atoms with Crippen LogP contribution in [-0.4, -0.2) is 29.3 Å². The van der Waals surface area contributed by atoms with Crippen molar-refractivity contribution in [1.82, 2.24) is 10.2 Å². The van der Waals surface area contributed by atoms with Crippen molar-refractivity contribution in [1.29, 1.82) is 0 Å². The van der Waals surface area contributed by atoms with E-state index < -0.39 is 6.04 Å². The van der Waals surface area contributed by atoms with E-state index in [1.807, 2.05) is 64.1 Å². The summed E-state index contributed by atoms with van der Waals surface area (Å²) in [5.41, 5.74) is 4.18. The first kappa shape index (κ1) is 23.0. The average Bonchev–Trinajstić information content (AvgIpc) is 2.66. The van der Waals surface area contributed by atoms with Gasteiger partial charge in [0.25, 0.3) is 0 Å². The molecule has 0 bridgehead atoms. The lowest BCUT2D eigenvalue weighted by Crippen LogP contribution is -2.49. The Morgan fingerprint density at radius 1 is 1.00 bits per heavy atom. The molecule has 1 N–H and O–H groups in total. The van der Waals surface area contributed by atoms with E-state index in [1.165, 1.54) is 0 Å². The zero-order chi connectivity index (χ0) is 21.4. The minimum Gasteiger partial charge on any atom is -0.354 e. The molecular formula is C24H31ClN2O2. The van der Waals surface area contributed by atoms with Gasteiger partial charge < -0.3 is 10.2 Å². The highest BCUT2D eigenvalue weighted by atomic mass is 35.5. The van der Waals surface area contributed by atoms with Gasteiger partial charge in [0.1, 0.15) is 6.04 Å². The van der Waals surface area contributed by atoms with Crippen LogP contribution in [0.4, 0.5) is 0 Å². The summed E-state index contributed by atoms with van der Waals surface area (Å²) >= 11 is 6.00. The number of carbonyl (C=O) groups is 2. The smallest absolute Gasteiger partial charge is 0.242 e. The normalized spacial score (nSPS) is 11.8. The molecule has 0 unspecified atom stereocenters. The first-order valence-electron chi connectivity index (χ1n) is 10.2. The van der Waals surface area contributed by atoms with Gasteiger partial charge in [0.15, 0.2) is 0 Å². The second-order valence-electron chi connectivity index (χ2n) is 7.54. The molecule has 0 radical (unpaired) electrons. The predicted molar refractivity (Wildman–Crippen MR) is 119 cm³/mol. The summed E-state index contributed by atoms with van der Waals surface area (Å²) in [6.07, 6.45) is 1.69. The molecule has 0 aliphatic carbocycles. The van der Waals surface area contributed by atoms with Crippen LogP contribution in [0.1, 0.15) is 48.9 Å². The highest BCUT2D eigenvalue weighted by Gasteiger charge is 2.28. The number of nitrogens with one attached hydrogen (secondary N) is 1. The molecule has 156 valence electrons. The lowest BCUT2D eigenvalue weighted by atomic mass is 10.0. The van der Waals surface area contributed by atoms with Gasteiger partial charge in [0.05, 0.1) is 6.42 Å². The molecule has 0 aliphatic rings. The Balaban J connectivity index is 2.29. The molecule has 2 aromatic carbocycles. The summed E-state index contributed by atoms with van der Waals surface area (Å²) in [5.74, 6) is -0.152. The summed E-state index contributed by atoms with van der Waals surface area (Å²) < 4.78 is 0. The van der Waals surface area contributed by atoms with Crippen molar-refractivity contribution >= 4 is 23.4 Å². The van der Waals surface area contributed by atoms with Gasteiger partial charge >= 0.3 is 0 Å². The van der Waals surface area contributed by atoms with E-state index in [0.29, 0.717) is 24.5 Å². The molecule has 0 aliphatic heterocycles. The van der Waals surface area contributed by atoms with Crippen molar-refractivity contribution in [3.63, 3.8) is 0 Å². The van der Waals surface area contributed by atoms with Crippen molar-refractivity contribution < 1.29 is 9.59 Å². The quantitative estimate of drug-likeness (QED) is 0.638. The number of nitrogens with zero attached hydrogens (tertiary/aromatic N) is 1. The maximum absolute atomic E-state index is 13.3. The van der Waals surface area contributed by atoms with Crippen molar-refractivity contribution in [2.75, 3.05) is 6.54 Å². The van der Waals surface area contributed by atoms with Gasteiger partial charge in [-0.15, -0.1) is 0 Å². The first-order chi connectivity index (χ1) is 13.8. The van der Waals surface area contributed by atoms with Crippen LogP contribution >= 0.6 is 11.6 Å². The van der Waals surface area contributed by atoms with E-state index in [2.05, 4.69) is 11.4 Å². The van der Waals surface area contributed by atoms with Gasteiger partial charge in [0.2, 0.25) is 11.8 Å². The van der Waals surface area contributed by atoms with Crippen LogP contribution in [0.3, 0.4) is 0 Å². The number of rotatable bonds is 9. The molecule has 0 saturated carbocycles. The van der Waals surface area contributed by atoms with Crippen molar-refractivity contribution in [2.45, 2.75) is 59.5 Å². The van der Waals surface area contributed by atoms with Crippen LogP contribution in [0.5, 0.6) is 0 Å². The maximum atomic E-state index is 13.3. The Bertz CT molecular complexity index is 813. The monoisotopic (exact) mass is 414 g/mol. The maximum Gasteiger partial charge on any atom is 0.242 e. The van der Waals surface area contributed by atoms with E-state index >= 15 is 0 Å². The number of benzene rings is 2. The Kier molecular flexibility index (Phi) is 8.71. The fourth-order valence-electron chi connectivity index (χ4n) is 3.52. The predicted octanol–water partition coefficient (Wildman–Crippen LogP) is 4.83. The molecule has 0 saturated heterocycles. The molecule has 29 heavy (non-hydrogen) atoms. The average molecular weight is 415 g/mol. The van der Waals surface area contributed by atoms with Gasteiger partial charge in [0, 0.05) is 18.1 Å². The lowest BCUT2D eigenvalue weighted by Gasteiger charge is -2.31. The summed E-state index contributed by atoms with van der Waals surface area (Å²) in [4.78, 5) is 27.8. The van der Waals surface area contributed by atoms with Crippen LogP contribution in [0.2, 0.25) is 5.02 Å². The molecule has 2 amide bonds. The highest BCUT2D eigenvalue weighted by Crippen LogP contribution is 2.18. The van der Waals surface area contributed by atoms with Crippen LogP contribution < -0.4 is 5.32 Å². The van der Waals surface area contributed by atoms with E-state index in [0.717, 1.165) is 28.7 Å². The summed E-state index contributed by atoms with van der Waals surface area (Å²) in [5, 5.41) is 3.59. The molecule has 5 heteroatoms. The van der Waals surface area contributed by atoms with Gasteiger partial charge in [-0.25, -0.2) is 0 Å². The van der Waals surface area contributed by atoms with Gasteiger partial charge in [-0.05, 0) is 49.9 Å². The first-order valence-corrected chi connectivity index (χ1v) is 10.6. The third-order valence-electron chi connectivity index (χ3n) is 4.84. The number of hydrogen-bond donors (Lipinski definition) is 1. The number of halogens is 1. The summed E-state index contributed by atoms with van der Waals surface area (Å²) in [6.45, 7) is 8.99. The number of carbonyl (C=O) groups excluding carboxylic acids is 2. The zero-order valence-corrected chi connectivity index (χ0v) is 18.6. The molecule has 0 fully saturated rings. The van der Waals surface area contributed by atoms with Crippen molar-refractivity contribution in [2.24, 2.45) is 0 Å². The largest absolute Gasteiger partial charge is 0.354 e. The SMILES string of the molecule is CCCNC(=O)[C@H](CC)N(Cc1ccc(Cl)cc1)C(=O)Cc1cc(C)cc(C)c1.